The van der Waals surface area contributed by atoms with Gasteiger partial charge in [-0.15, -0.1) is 0 Å². The zero-order valence-corrected chi connectivity index (χ0v) is 7.77. The Hall–Kier alpha value is 0.700. The van der Waals surface area contributed by atoms with Crippen molar-refractivity contribution in [3.05, 3.63) is 0 Å². The van der Waals surface area contributed by atoms with Crippen LogP contribution >= 0.6 is 24.4 Å². The van der Waals surface area contributed by atoms with Crippen molar-refractivity contribution < 1.29 is 0 Å². The molecule has 1 atom stereocenters. The molecule has 0 aromatic heterocycles. The molecule has 1 heterocycles. The third-order valence-corrected chi connectivity index (χ3v) is 4.26. The van der Waals surface area contributed by atoms with Crippen LogP contribution in [0.1, 0.15) is 20.3 Å². The standard InChI is InChI=1S/C7H14S2/c1-7(2)3-4-9-5-6(7)8/h6,8H,3-5H2,1-2H3. The lowest BCUT2D eigenvalue weighted by atomic mass is 9.86. The minimum absolute atomic E-state index is 0.481. The van der Waals surface area contributed by atoms with Gasteiger partial charge < -0.3 is 0 Å². The molecule has 1 saturated heterocycles. The Morgan fingerprint density at radius 3 is 2.56 bits per heavy atom. The predicted octanol–water partition coefficient (Wildman–Crippen LogP) is 2.45. The third kappa shape index (κ3) is 1.81. The second-order valence-corrected chi connectivity index (χ2v) is 5.10. The molecule has 0 amide bonds. The Bertz CT molecular complexity index is 99.1. The zero-order valence-electron chi connectivity index (χ0n) is 6.05. The summed E-state index contributed by atoms with van der Waals surface area (Å²) >= 11 is 6.55. The van der Waals surface area contributed by atoms with Crippen molar-refractivity contribution in [1.29, 1.82) is 0 Å². The highest BCUT2D eigenvalue weighted by Crippen LogP contribution is 2.36. The van der Waals surface area contributed by atoms with Crippen LogP contribution in [0.15, 0.2) is 0 Å². The van der Waals surface area contributed by atoms with E-state index in [0.29, 0.717) is 10.7 Å². The Kier molecular flexibility index (Phi) is 2.38. The summed E-state index contributed by atoms with van der Waals surface area (Å²) in [6, 6.07) is 0. The van der Waals surface area contributed by atoms with Crippen molar-refractivity contribution in [3.63, 3.8) is 0 Å². The van der Waals surface area contributed by atoms with Crippen LogP contribution in [0.25, 0.3) is 0 Å². The largest absolute Gasteiger partial charge is 0.175 e. The molecular formula is C7H14S2. The van der Waals surface area contributed by atoms with Crippen molar-refractivity contribution in [2.75, 3.05) is 11.5 Å². The van der Waals surface area contributed by atoms with E-state index in [9.17, 15) is 0 Å². The van der Waals surface area contributed by atoms with Crippen LogP contribution in [-0.2, 0) is 0 Å². The van der Waals surface area contributed by atoms with Gasteiger partial charge in [0.25, 0.3) is 0 Å². The molecule has 1 rings (SSSR count). The molecule has 0 saturated carbocycles. The lowest BCUT2D eigenvalue weighted by molar-refractivity contribution is 0.349. The first-order chi connectivity index (χ1) is 4.13. The normalized spacial score (nSPS) is 34.3. The van der Waals surface area contributed by atoms with Gasteiger partial charge in [-0.05, 0) is 17.6 Å². The summed E-state index contributed by atoms with van der Waals surface area (Å²) in [4.78, 5) is 0. The van der Waals surface area contributed by atoms with Gasteiger partial charge in [0.1, 0.15) is 0 Å². The number of hydrogen-bond donors (Lipinski definition) is 1. The summed E-state index contributed by atoms with van der Waals surface area (Å²) in [5.74, 6) is 2.56. The predicted molar refractivity (Wildman–Crippen MR) is 48.5 cm³/mol. The van der Waals surface area contributed by atoms with Crippen molar-refractivity contribution in [2.45, 2.75) is 25.5 Å². The molecule has 0 aromatic rings. The average Bonchev–Trinajstić information content (AvgIpc) is 1.77. The lowest BCUT2D eigenvalue weighted by Crippen LogP contribution is -2.31. The summed E-state index contributed by atoms with van der Waals surface area (Å²) < 4.78 is 0. The van der Waals surface area contributed by atoms with Crippen LogP contribution in [-0.4, -0.2) is 16.8 Å². The van der Waals surface area contributed by atoms with Gasteiger partial charge in [-0.2, -0.15) is 24.4 Å². The van der Waals surface area contributed by atoms with Gasteiger partial charge in [0, 0.05) is 11.0 Å². The highest BCUT2D eigenvalue weighted by molar-refractivity contribution is 8.00. The summed E-state index contributed by atoms with van der Waals surface area (Å²) in [5.41, 5.74) is 0.481. The fourth-order valence-corrected chi connectivity index (χ4v) is 2.88. The molecule has 0 aromatic carbocycles. The van der Waals surface area contributed by atoms with Gasteiger partial charge in [0.05, 0.1) is 0 Å². The molecule has 0 bridgehead atoms. The minimum Gasteiger partial charge on any atom is -0.175 e. The molecule has 9 heavy (non-hydrogen) atoms. The van der Waals surface area contributed by atoms with Crippen molar-refractivity contribution in [2.24, 2.45) is 5.41 Å². The molecule has 0 aliphatic carbocycles. The Morgan fingerprint density at radius 1 is 1.56 bits per heavy atom. The lowest BCUT2D eigenvalue weighted by Gasteiger charge is -2.34. The van der Waals surface area contributed by atoms with Crippen LogP contribution in [0.4, 0.5) is 0 Å². The van der Waals surface area contributed by atoms with Crippen molar-refractivity contribution in [1.82, 2.24) is 0 Å². The highest BCUT2D eigenvalue weighted by Gasteiger charge is 2.29. The quantitative estimate of drug-likeness (QED) is 0.534. The maximum atomic E-state index is 4.52. The number of rotatable bonds is 0. The molecule has 54 valence electrons. The smallest absolute Gasteiger partial charge is 0.0159 e. The Morgan fingerprint density at radius 2 is 2.22 bits per heavy atom. The van der Waals surface area contributed by atoms with E-state index < -0.39 is 0 Å². The second-order valence-electron chi connectivity index (χ2n) is 3.33. The number of hydrogen-bond acceptors (Lipinski definition) is 2. The first-order valence-corrected chi connectivity index (χ1v) is 5.06. The van der Waals surface area contributed by atoms with E-state index >= 15 is 0 Å². The first-order valence-electron chi connectivity index (χ1n) is 3.39. The average molecular weight is 162 g/mol. The molecule has 1 aliphatic rings. The fraction of sp³-hybridized carbons (Fsp3) is 1.00. The van der Waals surface area contributed by atoms with Crippen LogP contribution in [0, 0.1) is 5.41 Å². The molecule has 2 heteroatoms. The SMILES string of the molecule is CC1(C)CCSCC1S. The van der Waals surface area contributed by atoms with E-state index in [-0.39, 0.29) is 0 Å². The van der Waals surface area contributed by atoms with Crippen LogP contribution in [0.3, 0.4) is 0 Å². The van der Waals surface area contributed by atoms with Gasteiger partial charge in [-0.1, -0.05) is 13.8 Å². The highest BCUT2D eigenvalue weighted by atomic mass is 32.2. The Labute approximate surface area is 67.2 Å². The van der Waals surface area contributed by atoms with E-state index in [4.69, 9.17) is 0 Å². The van der Waals surface area contributed by atoms with Crippen LogP contribution in [0.2, 0.25) is 0 Å². The first kappa shape index (κ1) is 7.80. The van der Waals surface area contributed by atoms with Crippen LogP contribution < -0.4 is 0 Å². The molecule has 1 fully saturated rings. The van der Waals surface area contributed by atoms with E-state index in [1.54, 1.807) is 0 Å². The monoisotopic (exact) mass is 162 g/mol. The fourth-order valence-electron chi connectivity index (χ4n) is 0.922. The zero-order chi connectivity index (χ0) is 6.91. The van der Waals surface area contributed by atoms with Gasteiger partial charge in [-0.3, -0.25) is 0 Å². The molecule has 1 unspecified atom stereocenters. The maximum absolute atomic E-state index is 4.52. The Balaban J connectivity index is 2.49. The molecular weight excluding hydrogens is 148 g/mol. The van der Waals surface area contributed by atoms with E-state index in [2.05, 4.69) is 26.5 Å². The minimum atomic E-state index is 0.481. The van der Waals surface area contributed by atoms with Gasteiger partial charge >= 0.3 is 0 Å². The van der Waals surface area contributed by atoms with Crippen LogP contribution in [0.5, 0.6) is 0 Å². The maximum Gasteiger partial charge on any atom is 0.0159 e. The van der Waals surface area contributed by atoms with E-state index in [1.807, 2.05) is 11.8 Å². The molecule has 0 spiro atoms. The van der Waals surface area contributed by atoms with Crippen molar-refractivity contribution in [3.8, 4) is 0 Å². The molecule has 0 nitrogen and oxygen atoms in total. The third-order valence-electron chi connectivity index (χ3n) is 2.07. The van der Waals surface area contributed by atoms with E-state index in [1.165, 1.54) is 17.9 Å². The summed E-state index contributed by atoms with van der Waals surface area (Å²) in [6.07, 6.45) is 1.33. The van der Waals surface area contributed by atoms with Gasteiger partial charge in [-0.25, -0.2) is 0 Å². The van der Waals surface area contributed by atoms with Crippen molar-refractivity contribution >= 4 is 24.4 Å². The summed E-state index contributed by atoms with van der Waals surface area (Å²) in [5, 5.41) is 0.608. The summed E-state index contributed by atoms with van der Waals surface area (Å²) in [7, 11) is 0. The molecule has 0 N–H and O–H groups in total. The molecule has 0 radical (unpaired) electrons. The van der Waals surface area contributed by atoms with Gasteiger partial charge in [0.2, 0.25) is 0 Å². The van der Waals surface area contributed by atoms with Gasteiger partial charge in [0.15, 0.2) is 0 Å². The number of thiol groups is 1. The number of thioether (sulfide) groups is 1. The topological polar surface area (TPSA) is 0 Å². The second kappa shape index (κ2) is 2.75. The molecule has 1 aliphatic heterocycles. The van der Waals surface area contributed by atoms with E-state index in [0.717, 1.165) is 0 Å². The summed E-state index contributed by atoms with van der Waals surface area (Å²) in [6.45, 7) is 4.62.